The van der Waals surface area contributed by atoms with Crippen molar-refractivity contribution in [3.8, 4) is 11.5 Å². The summed E-state index contributed by atoms with van der Waals surface area (Å²) in [5.41, 5.74) is 1.58. The molecule has 6 heteroatoms. The Bertz CT molecular complexity index is 1150. The van der Waals surface area contributed by atoms with E-state index >= 15 is 0 Å². The highest BCUT2D eigenvalue weighted by atomic mass is 16.5. The van der Waals surface area contributed by atoms with Crippen molar-refractivity contribution in [2.24, 2.45) is 0 Å². The number of hydrogen-bond acceptors (Lipinski definition) is 5. The molecule has 31 heavy (non-hydrogen) atoms. The average molecular weight is 415 g/mol. The van der Waals surface area contributed by atoms with E-state index in [2.05, 4.69) is 0 Å². The van der Waals surface area contributed by atoms with Gasteiger partial charge in [-0.15, -0.1) is 0 Å². The first-order valence-electron chi connectivity index (χ1n) is 9.70. The van der Waals surface area contributed by atoms with Gasteiger partial charge in [0.25, 0.3) is 11.7 Å². The molecular formula is C25H21NO5. The molecule has 1 fully saturated rings. The smallest absolute Gasteiger partial charge is 0.300 e. The number of amides is 1. The standard InChI is InChI=1S/C25H21NO5/c1-30-18-14-12-16(13-15-18)22-21(23(27)17-8-4-3-5-9-17)24(28)25(29)26(22)19-10-6-7-11-20(19)31-2/h3-15,22,27H,1-2H3/b23-21-. The molecule has 0 radical (unpaired) electrons. The molecule has 0 aromatic heterocycles. The van der Waals surface area contributed by atoms with E-state index in [0.717, 1.165) is 0 Å². The Hall–Kier alpha value is -4.06. The molecule has 6 nitrogen and oxygen atoms in total. The number of hydrogen-bond donors (Lipinski definition) is 1. The van der Waals surface area contributed by atoms with Gasteiger partial charge in [0.1, 0.15) is 17.3 Å². The Labute approximate surface area is 180 Å². The van der Waals surface area contributed by atoms with E-state index in [-0.39, 0.29) is 11.3 Å². The van der Waals surface area contributed by atoms with Crippen LogP contribution in [0.1, 0.15) is 17.2 Å². The largest absolute Gasteiger partial charge is 0.507 e. The Morgan fingerprint density at radius 1 is 0.839 bits per heavy atom. The minimum absolute atomic E-state index is 0.0206. The summed E-state index contributed by atoms with van der Waals surface area (Å²) in [5, 5.41) is 11.1. The van der Waals surface area contributed by atoms with Crippen LogP contribution in [0.15, 0.2) is 84.4 Å². The molecule has 1 atom stereocenters. The van der Waals surface area contributed by atoms with Crippen LogP contribution in [0.5, 0.6) is 11.5 Å². The molecule has 0 aliphatic carbocycles. The van der Waals surface area contributed by atoms with Gasteiger partial charge in [0.05, 0.1) is 31.5 Å². The second kappa shape index (κ2) is 8.36. The maximum Gasteiger partial charge on any atom is 0.300 e. The number of carbonyl (C=O) groups excluding carboxylic acids is 2. The quantitative estimate of drug-likeness (QED) is 0.381. The summed E-state index contributed by atoms with van der Waals surface area (Å²) >= 11 is 0. The van der Waals surface area contributed by atoms with Crippen molar-refractivity contribution in [3.05, 3.63) is 95.6 Å². The lowest BCUT2D eigenvalue weighted by molar-refractivity contribution is -0.132. The highest BCUT2D eigenvalue weighted by molar-refractivity contribution is 6.51. The Morgan fingerprint density at radius 2 is 1.48 bits per heavy atom. The first-order valence-corrected chi connectivity index (χ1v) is 9.70. The number of anilines is 1. The number of rotatable bonds is 5. The molecule has 1 aliphatic rings. The van der Waals surface area contributed by atoms with Crippen LogP contribution < -0.4 is 14.4 Å². The van der Waals surface area contributed by atoms with Crippen molar-refractivity contribution in [1.82, 2.24) is 0 Å². The molecule has 4 rings (SSSR count). The molecule has 3 aromatic carbocycles. The van der Waals surface area contributed by atoms with E-state index in [1.54, 1.807) is 79.9 Å². The van der Waals surface area contributed by atoms with Crippen LogP contribution >= 0.6 is 0 Å². The summed E-state index contributed by atoms with van der Waals surface area (Å²) in [4.78, 5) is 27.7. The van der Waals surface area contributed by atoms with Gasteiger partial charge in [0.2, 0.25) is 0 Å². The summed E-state index contributed by atoms with van der Waals surface area (Å²) in [7, 11) is 3.06. The lowest BCUT2D eigenvalue weighted by Gasteiger charge is -2.26. The van der Waals surface area contributed by atoms with Crippen LogP contribution in [0.2, 0.25) is 0 Å². The number of benzene rings is 3. The minimum atomic E-state index is -0.831. The fourth-order valence-electron chi connectivity index (χ4n) is 3.76. The zero-order valence-electron chi connectivity index (χ0n) is 17.1. The van der Waals surface area contributed by atoms with Gasteiger partial charge in [-0.3, -0.25) is 14.5 Å². The number of methoxy groups -OCH3 is 2. The summed E-state index contributed by atoms with van der Waals surface area (Å²) in [5.74, 6) is -0.628. The molecule has 0 saturated carbocycles. The van der Waals surface area contributed by atoms with Crippen LogP contribution in [0.4, 0.5) is 5.69 Å². The topological polar surface area (TPSA) is 76.1 Å². The van der Waals surface area contributed by atoms with Crippen LogP contribution in [0, 0.1) is 0 Å². The van der Waals surface area contributed by atoms with E-state index in [1.807, 2.05) is 6.07 Å². The first kappa shape index (κ1) is 20.2. The van der Waals surface area contributed by atoms with E-state index in [4.69, 9.17) is 9.47 Å². The average Bonchev–Trinajstić information content (AvgIpc) is 3.09. The molecule has 1 amide bonds. The lowest BCUT2D eigenvalue weighted by Crippen LogP contribution is -2.29. The molecule has 1 saturated heterocycles. The van der Waals surface area contributed by atoms with Crippen molar-refractivity contribution in [1.29, 1.82) is 0 Å². The first-order chi connectivity index (χ1) is 15.1. The number of ketones is 1. The monoisotopic (exact) mass is 415 g/mol. The number of ether oxygens (including phenoxy) is 2. The third-order valence-electron chi connectivity index (χ3n) is 5.27. The lowest BCUT2D eigenvalue weighted by atomic mass is 9.95. The second-order valence-electron chi connectivity index (χ2n) is 6.98. The minimum Gasteiger partial charge on any atom is -0.507 e. The van der Waals surface area contributed by atoms with Crippen LogP contribution in [0.3, 0.4) is 0 Å². The Morgan fingerprint density at radius 3 is 2.13 bits per heavy atom. The zero-order chi connectivity index (χ0) is 22.0. The van der Waals surface area contributed by atoms with Gasteiger partial charge >= 0.3 is 0 Å². The van der Waals surface area contributed by atoms with Crippen molar-refractivity contribution in [2.75, 3.05) is 19.1 Å². The molecule has 1 heterocycles. The molecule has 3 aromatic rings. The van der Waals surface area contributed by atoms with E-state index < -0.39 is 17.7 Å². The number of aliphatic hydroxyl groups is 1. The van der Waals surface area contributed by atoms with Crippen LogP contribution in [0.25, 0.3) is 5.76 Å². The van der Waals surface area contributed by atoms with Crippen molar-refractivity contribution >= 4 is 23.1 Å². The highest BCUT2D eigenvalue weighted by Gasteiger charge is 2.47. The number of nitrogens with zero attached hydrogens (tertiary/aromatic N) is 1. The number of aliphatic hydroxyl groups excluding tert-OH is 1. The van der Waals surface area contributed by atoms with Gasteiger partial charge in [0, 0.05) is 5.56 Å². The van der Waals surface area contributed by atoms with Gasteiger partial charge in [-0.25, -0.2) is 0 Å². The maximum absolute atomic E-state index is 13.2. The van der Waals surface area contributed by atoms with E-state index in [1.165, 1.54) is 12.0 Å². The summed E-state index contributed by atoms with van der Waals surface area (Å²) < 4.78 is 10.7. The number of Topliss-reactive ketones (excluding diaryl/α,β-unsaturated/α-hetero) is 1. The summed E-state index contributed by atoms with van der Waals surface area (Å²) in [6.45, 7) is 0. The molecule has 0 bridgehead atoms. The fraction of sp³-hybridized carbons (Fsp3) is 0.120. The number of carbonyl (C=O) groups is 2. The summed E-state index contributed by atoms with van der Waals surface area (Å²) in [6, 6.07) is 21.9. The third-order valence-corrected chi connectivity index (χ3v) is 5.27. The molecule has 1 unspecified atom stereocenters. The van der Waals surface area contributed by atoms with Crippen LogP contribution in [-0.4, -0.2) is 31.0 Å². The molecule has 1 N–H and O–H groups in total. The maximum atomic E-state index is 13.2. The van der Waals surface area contributed by atoms with E-state index in [0.29, 0.717) is 28.3 Å². The molecular weight excluding hydrogens is 394 g/mol. The van der Waals surface area contributed by atoms with Gasteiger partial charge in [-0.2, -0.15) is 0 Å². The predicted octanol–water partition coefficient (Wildman–Crippen LogP) is 4.33. The second-order valence-corrected chi connectivity index (χ2v) is 6.98. The summed E-state index contributed by atoms with van der Waals surface area (Å²) in [6.07, 6.45) is 0. The van der Waals surface area contributed by atoms with E-state index in [9.17, 15) is 14.7 Å². The van der Waals surface area contributed by atoms with Crippen molar-refractivity contribution in [2.45, 2.75) is 6.04 Å². The highest BCUT2D eigenvalue weighted by Crippen LogP contribution is 2.45. The van der Waals surface area contributed by atoms with Crippen molar-refractivity contribution in [3.63, 3.8) is 0 Å². The third kappa shape index (κ3) is 3.53. The Balaban J connectivity index is 1.96. The van der Waals surface area contributed by atoms with Gasteiger partial charge in [-0.1, -0.05) is 54.6 Å². The zero-order valence-corrected chi connectivity index (χ0v) is 17.1. The normalized spacial score (nSPS) is 17.6. The van der Waals surface area contributed by atoms with Crippen LogP contribution in [-0.2, 0) is 9.59 Å². The molecule has 1 aliphatic heterocycles. The van der Waals surface area contributed by atoms with Crippen molar-refractivity contribution < 1.29 is 24.2 Å². The van der Waals surface area contributed by atoms with Gasteiger partial charge in [0.15, 0.2) is 0 Å². The Kier molecular flexibility index (Phi) is 5.45. The number of para-hydroxylation sites is 2. The van der Waals surface area contributed by atoms with Gasteiger partial charge in [-0.05, 0) is 29.8 Å². The molecule has 0 spiro atoms. The molecule has 156 valence electrons. The fourth-order valence-corrected chi connectivity index (χ4v) is 3.76. The SMILES string of the molecule is COc1ccc(C2/C(=C(/O)c3ccccc3)C(=O)C(=O)N2c2ccccc2OC)cc1. The predicted molar refractivity (Wildman–Crippen MR) is 117 cm³/mol. The van der Waals surface area contributed by atoms with Gasteiger partial charge < -0.3 is 14.6 Å².